The Kier molecular flexibility index (Phi) is 5.26. The summed E-state index contributed by atoms with van der Waals surface area (Å²) < 4.78 is 0. The predicted molar refractivity (Wildman–Crippen MR) is 155 cm³/mol. The molecule has 39 heavy (non-hydrogen) atoms. The van der Waals surface area contributed by atoms with Gasteiger partial charge < -0.3 is 10.2 Å². The molecule has 0 radical (unpaired) electrons. The summed E-state index contributed by atoms with van der Waals surface area (Å²) in [7, 11) is 0. The molecule has 1 aromatic heterocycles. The van der Waals surface area contributed by atoms with Crippen LogP contribution in [-0.4, -0.2) is 29.6 Å². The molecule has 0 aliphatic carbocycles. The van der Waals surface area contributed by atoms with Crippen molar-refractivity contribution in [3.63, 3.8) is 0 Å². The summed E-state index contributed by atoms with van der Waals surface area (Å²) >= 11 is 1.36. The van der Waals surface area contributed by atoms with Crippen LogP contribution >= 0.6 is 11.3 Å². The third kappa shape index (κ3) is 3.21. The van der Waals surface area contributed by atoms with E-state index in [4.69, 9.17) is 0 Å². The number of para-hydroxylation sites is 2. The van der Waals surface area contributed by atoms with Gasteiger partial charge in [-0.15, -0.1) is 11.3 Å². The van der Waals surface area contributed by atoms with Gasteiger partial charge in [-0.1, -0.05) is 78.4 Å². The first-order valence-corrected chi connectivity index (χ1v) is 14.0. The molecule has 3 aliphatic heterocycles. The van der Waals surface area contributed by atoms with E-state index in [0.29, 0.717) is 16.1 Å². The number of carbonyl (C=O) groups is 3. The van der Waals surface area contributed by atoms with Crippen molar-refractivity contribution >= 4 is 45.8 Å². The average Bonchev–Trinajstić information content (AvgIpc) is 3.66. The lowest BCUT2D eigenvalue weighted by atomic mass is 9.64. The van der Waals surface area contributed by atoms with Crippen LogP contribution in [0.2, 0.25) is 0 Å². The number of benzene rings is 3. The van der Waals surface area contributed by atoms with Crippen molar-refractivity contribution in [2.75, 3.05) is 10.2 Å². The number of hydrogen-bond donors (Lipinski definition) is 1. The van der Waals surface area contributed by atoms with Crippen LogP contribution in [0.15, 0.2) is 96.4 Å². The Morgan fingerprint density at radius 3 is 2.38 bits per heavy atom. The molecular weight excluding hydrogens is 504 g/mol. The lowest BCUT2D eigenvalue weighted by Crippen LogP contribution is -2.51. The molecule has 5 nitrogen and oxygen atoms in total. The highest BCUT2D eigenvalue weighted by Crippen LogP contribution is 2.58. The highest BCUT2D eigenvalue weighted by Gasteiger charge is 2.70. The van der Waals surface area contributed by atoms with Gasteiger partial charge in [-0.3, -0.25) is 14.4 Å². The lowest BCUT2D eigenvalue weighted by molar-refractivity contribution is -0.121. The van der Waals surface area contributed by atoms with E-state index < -0.39 is 23.4 Å². The third-order valence-electron chi connectivity index (χ3n) is 8.53. The topological polar surface area (TPSA) is 66.5 Å². The maximum Gasteiger partial charge on any atom is 0.238 e. The number of carbonyl (C=O) groups excluding carboxylic acids is 3. The van der Waals surface area contributed by atoms with Crippen LogP contribution in [0.4, 0.5) is 11.4 Å². The molecule has 3 aliphatic rings. The first kappa shape index (κ1) is 23.8. The monoisotopic (exact) mass is 530 g/mol. The zero-order valence-electron chi connectivity index (χ0n) is 21.5. The van der Waals surface area contributed by atoms with Crippen molar-refractivity contribution in [2.24, 2.45) is 5.92 Å². The molecule has 7 rings (SSSR count). The van der Waals surface area contributed by atoms with Gasteiger partial charge in [0.2, 0.25) is 5.91 Å². The molecule has 192 valence electrons. The van der Waals surface area contributed by atoms with Crippen LogP contribution in [0.25, 0.3) is 5.57 Å². The number of fused-ring (bicyclic) bond motifs is 6. The fraction of sp³-hybridized carbons (Fsp3) is 0.182. The Hall–Kier alpha value is -4.29. The Morgan fingerprint density at radius 2 is 1.62 bits per heavy atom. The van der Waals surface area contributed by atoms with Gasteiger partial charge >= 0.3 is 0 Å². The van der Waals surface area contributed by atoms with Crippen molar-refractivity contribution in [2.45, 2.75) is 31.3 Å². The molecule has 6 heteroatoms. The summed E-state index contributed by atoms with van der Waals surface area (Å²) in [6.07, 6.45) is 2.08. The molecule has 4 heterocycles. The highest BCUT2D eigenvalue weighted by atomic mass is 32.1. The minimum Gasteiger partial charge on any atom is -0.352 e. The average molecular weight is 531 g/mol. The first-order chi connectivity index (χ1) is 18.9. The number of ketones is 2. The quantitative estimate of drug-likeness (QED) is 0.314. The van der Waals surface area contributed by atoms with Gasteiger partial charge in [0.1, 0.15) is 11.5 Å². The maximum absolute atomic E-state index is 14.7. The number of Topliss-reactive ketones (excluding diaryl/α,β-unsaturated/α-hetero) is 2. The molecule has 1 spiro atoms. The number of hydrogen-bond acceptors (Lipinski definition) is 5. The van der Waals surface area contributed by atoms with Crippen molar-refractivity contribution in [3.05, 3.63) is 124 Å². The van der Waals surface area contributed by atoms with E-state index in [2.05, 4.69) is 16.3 Å². The summed E-state index contributed by atoms with van der Waals surface area (Å²) in [4.78, 5) is 46.2. The smallest absolute Gasteiger partial charge is 0.238 e. The van der Waals surface area contributed by atoms with Crippen molar-refractivity contribution < 1.29 is 14.4 Å². The zero-order chi connectivity index (χ0) is 26.9. The standard InChI is InChI=1S/C33H26N2O3S/c1-19-13-15-21(16-14-19)30(36)28-29(31(37)26-12-7-17-39-26)35-25-11-6-3-8-22(25)20(2)18-27(35)33(28)23-9-4-5-10-24(23)34-32(33)38/h3-18,27-29H,1-2H3,(H,34,38)/t27-,28+,29-,33+/m1/s1. The second kappa shape index (κ2) is 8.61. The second-order valence-electron chi connectivity index (χ2n) is 10.6. The van der Waals surface area contributed by atoms with Gasteiger partial charge in [-0.25, -0.2) is 0 Å². The predicted octanol–water partition coefficient (Wildman–Crippen LogP) is 6.30. The minimum atomic E-state index is -1.29. The number of thiophene rings is 1. The molecule has 0 bridgehead atoms. The molecule has 0 saturated carbocycles. The molecule has 3 aromatic carbocycles. The summed E-state index contributed by atoms with van der Waals surface area (Å²) in [5, 5.41) is 4.96. The largest absolute Gasteiger partial charge is 0.352 e. The van der Waals surface area contributed by atoms with Crippen molar-refractivity contribution in [1.29, 1.82) is 0 Å². The zero-order valence-corrected chi connectivity index (χ0v) is 22.4. The molecule has 0 unspecified atom stereocenters. The molecule has 4 aromatic rings. The van der Waals surface area contributed by atoms with E-state index >= 15 is 0 Å². The van der Waals surface area contributed by atoms with Gasteiger partial charge in [0, 0.05) is 22.5 Å². The van der Waals surface area contributed by atoms with Crippen molar-refractivity contribution in [3.8, 4) is 0 Å². The van der Waals surface area contributed by atoms with Gasteiger partial charge in [-0.2, -0.15) is 0 Å². The van der Waals surface area contributed by atoms with E-state index in [0.717, 1.165) is 28.0 Å². The van der Waals surface area contributed by atoms with E-state index in [1.807, 2.05) is 98.1 Å². The first-order valence-electron chi connectivity index (χ1n) is 13.1. The number of anilines is 2. The normalized spacial score (nSPS) is 24.6. The maximum atomic E-state index is 14.7. The Morgan fingerprint density at radius 1 is 0.872 bits per heavy atom. The second-order valence-corrected chi connectivity index (χ2v) is 11.5. The minimum absolute atomic E-state index is 0.141. The molecule has 1 saturated heterocycles. The summed E-state index contributed by atoms with van der Waals surface area (Å²) in [5.74, 6) is -1.53. The number of amides is 1. The number of nitrogens with zero attached hydrogens (tertiary/aromatic N) is 1. The molecule has 1 fully saturated rings. The number of nitrogens with one attached hydrogen (secondary N) is 1. The molecule has 1 amide bonds. The number of rotatable bonds is 4. The van der Waals surface area contributed by atoms with Crippen LogP contribution in [0.3, 0.4) is 0 Å². The van der Waals surface area contributed by atoms with E-state index in [9.17, 15) is 14.4 Å². The van der Waals surface area contributed by atoms with Gasteiger partial charge in [-0.05, 0) is 48.6 Å². The summed E-state index contributed by atoms with van der Waals surface area (Å²) in [6, 6.07) is 25.2. The Bertz CT molecular complexity index is 1690. The number of aryl methyl sites for hydroxylation is 1. The lowest BCUT2D eigenvalue weighted by Gasteiger charge is -2.39. The Labute approximate surface area is 230 Å². The van der Waals surface area contributed by atoms with Gasteiger partial charge in [0.05, 0.1) is 16.8 Å². The number of allylic oxidation sites excluding steroid dienone is 1. The fourth-order valence-corrected chi connectivity index (χ4v) is 7.55. The molecular formula is C33H26N2O3S. The van der Waals surface area contributed by atoms with Crippen molar-refractivity contribution in [1.82, 2.24) is 0 Å². The highest BCUT2D eigenvalue weighted by molar-refractivity contribution is 7.12. The van der Waals surface area contributed by atoms with Crippen LogP contribution < -0.4 is 10.2 Å². The summed E-state index contributed by atoms with van der Waals surface area (Å²) in [6.45, 7) is 4.01. The SMILES string of the molecule is CC1=C[C@H]2N(c3ccccc31)[C@@H](C(=O)c1cccs1)[C@@H](C(=O)c1ccc(C)cc1)[C@@]21C(=O)Nc2ccccc21. The van der Waals surface area contributed by atoms with Crippen LogP contribution in [-0.2, 0) is 10.2 Å². The van der Waals surface area contributed by atoms with Crippen LogP contribution in [0, 0.1) is 12.8 Å². The van der Waals surface area contributed by atoms with Gasteiger partial charge in [0.25, 0.3) is 0 Å². The van der Waals surface area contributed by atoms with E-state index in [-0.39, 0.29) is 17.5 Å². The summed E-state index contributed by atoms with van der Waals surface area (Å²) in [5.41, 5.74) is 4.60. The van der Waals surface area contributed by atoms with Crippen LogP contribution in [0.1, 0.15) is 43.6 Å². The van der Waals surface area contributed by atoms with Crippen LogP contribution in [0.5, 0.6) is 0 Å². The fourth-order valence-electron chi connectivity index (χ4n) is 6.85. The molecule has 4 atom stereocenters. The van der Waals surface area contributed by atoms with E-state index in [1.54, 1.807) is 6.07 Å². The molecule has 1 N–H and O–H groups in total. The van der Waals surface area contributed by atoms with E-state index in [1.165, 1.54) is 11.3 Å². The third-order valence-corrected chi connectivity index (χ3v) is 9.42. The van der Waals surface area contributed by atoms with Gasteiger partial charge in [0.15, 0.2) is 11.6 Å². The Balaban J connectivity index is 1.56.